The molecule has 1 saturated heterocycles. The first kappa shape index (κ1) is 21.0. The molecule has 5 heteroatoms. The van der Waals surface area contributed by atoms with E-state index in [1.54, 1.807) is 0 Å². The second-order valence-corrected chi connectivity index (χ2v) is 6.07. The highest BCUT2D eigenvalue weighted by molar-refractivity contribution is 14.0. The number of likely N-dealkylation sites (N-methyl/N-ethyl adjacent to an activating group) is 1. The van der Waals surface area contributed by atoms with Gasteiger partial charge in [0, 0.05) is 19.1 Å². The molecular formula is C16H35IN4. The predicted octanol–water partition coefficient (Wildman–Crippen LogP) is 3.21. The van der Waals surface area contributed by atoms with Gasteiger partial charge in [0.25, 0.3) is 0 Å². The molecule has 1 atom stereocenters. The summed E-state index contributed by atoms with van der Waals surface area (Å²) in [5.41, 5.74) is 6.36. The topological polar surface area (TPSA) is 53.6 Å². The van der Waals surface area contributed by atoms with Crippen molar-refractivity contribution >= 4 is 29.9 Å². The molecule has 0 spiro atoms. The van der Waals surface area contributed by atoms with E-state index in [-0.39, 0.29) is 24.0 Å². The van der Waals surface area contributed by atoms with E-state index in [0.717, 1.165) is 19.6 Å². The molecule has 0 saturated carbocycles. The maximum atomic E-state index is 6.03. The third-order valence-electron chi connectivity index (χ3n) is 5.26. The molecule has 1 fully saturated rings. The van der Waals surface area contributed by atoms with E-state index in [0.29, 0.717) is 17.4 Å². The van der Waals surface area contributed by atoms with Crippen LogP contribution in [0.1, 0.15) is 59.8 Å². The molecule has 126 valence electrons. The van der Waals surface area contributed by atoms with E-state index < -0.39 is 0 Å². The zero-order valence-corrected chi connectivity index (χ0v) is 16.7. The summed E-state index contributed by atoms with van der Waals surface area (Å²) in [6.45, 7) is 13.1. The Bertz CT molecular complexity index is 294. The Labute approximate surface area is 148 Å². The van der Waals surface area contributed by atoms with Crippen molar-refractivity contribution in [3.05, 3.63) is 0 Å². The lowest BCUT2D eigenvalue weighted by atomic mass is 9.80. The molecule has 1 aliphatic heterocycles. The Morgan fingerprint density at radius 1 is 1.24 bits per heavy atom. The summed E-state index contributed by atoms with van der Waals surface area (Å²) in [6.07, 6.45) is 6.09. The van der Waals surface area contributed by atoms with Crippen LogP contribution >= 0.6 is 24.0 Å². The molecule has 0 bridgehead atoms. The minimum atomic E-state index is 0. The monoisotopic (exact) mass is 410 g/mol. The van der Waals surface area contributed by atoms with Crippen molar-refractivity contribution in [3.63, 3.8) is 0 Å². The highest BCUT2D eigenvalue weighted by atomic mass is 127. The molecule has 3 N–H and O–H groups in total. The summed E-state index contributed by atoms with van der Waals surface area (Å²) >= 11 is 0. The number of aliphatic imine (C=N–C) groups is 1. The molecule has 1 aliphatic rings. The van der Waals surface area contributed by atoms with Gasteiger partial charge in [-0.2, -0.15) is 0 Å². The highest BCUT2D eigenvalue weighted by Crippen LogP contribution is 2.30. The standard InChI is InChI=1S/C16H34N4.HI/c1-5-16(6-2,7-3)13-19-15(17)18-12-14-10-9-11-20(14)8-4;/h14H,5-13H2,1-4H3,(H3,17,18,19);1H. The summed E-state index contributed by atoms with van der Waals surface area (Å²) < 4.78 is 0. The van der Waals surface area contributed by atoms with E-state index in [2.05, 4.69) is 42.9 Å². The molecule has 4 nitrogen and oxygen atoms in total. The lowest BCUT2D eigenvalue weighted by Gasteiger charge is -2.28. The molecule has 0 radical (unpaired) electrons. The van der Waals surface area contributed by atoms with Crippen LogP contribution in [0, 0.1) is 5.41 Å². The zero-order valence-electron chi connectivity index (χ0n) is 14.3. The molecule has 0 aromatic heterocycles. The molecule has 21 heavy (non-hydrogen) atoms. The maximum Gasteiger partial charge on any atom is 0.188 e. The summed E-state index contributed by atoms with van der Waals surface area (Å²) in [7, 11) is 0. The molecule has 0 aromatic rings. The maximum absolute atomic E-state index is 6.03. The molecule has 0 aliphatic carbocycles. The van der Waals surface area contributed by atoms with E-state index in [9.17, 15) is 0 Å². The van der Waals surface area contributed by atoms with Gasteiger partial charge in [0.2, 0.25) is 0 Å². The third-order valence-corrected chi connectivity index (χ3v) is 5.26. The molecular weight excluding hydrogens is 375 g/mol. The minimum Gasteiger partial charge on any atom is -0.370 e. The Morgan fingerprint density at radius 2 is 1.86 bits per heavy atom. The Balaban J connectivity index is 0.00000400. The van der Waals surface area contributed by atoms with Crippen molar-refractivity contribution in [2.75, 3.05) is 26.2 Å². The summed E-state index contributed by atoms with van der Waals surface area (Å²) in [5.74, 6) is 0.618. The van der Waals surface area contributed by atoms with Crippen LogP contribution < -0.4 is 11.1 Å². The number of nitrogens with one attached hydrogen (secondary N) is 1. The van der Waals surface area contributed by atoms with Crippen molar-refractivity contribution in [1.29, 1.82) is 0 Å². The molecule has 0 amide bonds. The Morgan fingerprint density at radius 3 is 2.38 bits per heavy atom. The quantitative estimate of drug-likeness (QED) is 0.367. The van der Waals surface area contributed by atoms with Crippen LogP contribution in [0.5, 0.6) is 0 Å². The molecule has 1 heterocycles. The van der Waals surface area contributed by atoms with Crippen LogP contribution in [0.4, 0.5) is 0 Å². The van der Waals surface area contributed by atoms with Gasteiger partial charge in [0.05, 0.1) is 0 Å². The van der Waals surface area contributed by atoms with Crippen LogP contribution in [0.2, 0.25) is 0 Å². The number of hydrogen-bond donors (Lipinski definition) is 2. The van der Waals surface area contributed by atoms with Gasteiger partial charge in [-0.3, -0.25) is 9.89 Å². The number of halogens is 1. The zero-order chi connectivity index (χ0) is 15.0. The summed E-state index contributed by atoms with van der Waals surface area (Å²) in [5, 5.41) is 3.32. The SMILES string of the molecule is CCN1CCCC1CNC(N)=NCC(CC)(CC)CC.I. The van der Waals surface area contributed by atoms with Crippen molar-refractivity contribution in [3.8, 4) is 0 Å². The fourth-order valence-corrected chi connectivity index (χ4v) is 3.16. The third kappa shape index (κ3) is 6.30. The van der Waals surface area contributed by atoms with Crippen molar-refractivity contribution < 1.29 is 0 Å². The van der Waals surface area contributed by atoms with Crippen LogP contribution in [-0.2, 0) is 0 Å². The number of likely N-dealkylation sites (tertiary alicyclic amines) is 1. The molecule has 1 rings (SSSR count). The predicted molar refractivity (Wildman–Crippen MR) is 103 cm³/mol. The van der Waals surface area contributed by atoms with Crippen LogP contribution in [-0.4, -0.2) is 43.1 Å². The normalized spacial score (nSPS) is 20.4. The van der Waals surface area contributed by atoms with Crippen molar-refractivity contribution in [2.45, 2.75) is 65.8 Å². The van der Waals surface area contributed by atoms with Crippen molar-refractivity contribution in [1.82, 2.24) is 10.2 Å². The largest absolute Gasteiger partial charge is 0.370 e. The van der Waals surface area contributed by atoms with Crippen molar-refractivity contribution in [2.24, 2.45) is 16.1 Å². The summed E-state index contributed by atoms with van der Waals surface area (Å²) in [6, 6.07) is 0.627. The minimum absolute atomic E-state index is 0. The second kappa shape index (κ2) is 10.6. The van der Waals surface area contributed by atoms with E-state index in [1.807, 2.05) is 0 Å². The average molecular weight is 410 g/mol. The Kier molecular flexibility index (Phi) is 10.6. The Hall–Kier alpha value is -0.0400. The average Bonchev–Trinajstić information content (AvgIpc) is 2.94. The van der Waals surface area contributed by atoms with Crippen LogP contribution in [0.15, 0.2) is 4.99 Å². The fourth-order valence-electron chi connectivity index (χ4n) is 3.16. The van der Waals surface area contributed by atoms with Crippen LogP contribution in [0.3, 0.4) is 0 Å². The lowest BCUT2D eigenvalue weighted by Crippen LogP contribution is -2.43. The number of hydrogen-bond acceptors (Lipinski definition) is 2. The van der Waals surface area contributed by atoms with Gasteiger partial charge in [0.15, 0.2) is 5.96 Å². The number of guanidine groups is 1. The van der Waals surface area contributed by atoms with Gasteiger partial charge < -0.3 is 11.1 Å². The van der Waals surface area contributed by atoms with E-state index in [1.165, 1.54) is 38.6 Å². The van der Waals surface area contributed by atoms with Gasteiger partial charge in [-0.25, -0.2) is 0 Å². The van der Waals surface area contributed by atoms with Gasteiger partial charge >= 0.3 is 0 Å². The van der Waals surface area contributed by atoms with Gasteiger partial charge in [-0.1, -0.05) is 27.7 Å². The first-order valence-electron chi connectivity index (χ1n) is 8.38. The molecule has 0 aromatic carbocycles. The van der Waals surface area contributed by atoms with E-state index >= 15 is 0 Å². The van der Waals surface area contributed by atoms with Gasteiger partial charge in [0.1, 0.15) is 0 Å². The number of nitrogens with two attached hydrogens (primary N) is 1. The summed E-state index contributed by atoms with van der Waals surface area (Å²) in [4.78, 5) is 7.11. The van der Waals surface area contributed by atoms with Gasteiger partial charge in [-0.05, 0) is 50.6 Å². The molecule has 1 unspecified atom stereocenters. The first-order chi connectivity index (χ1) is 9.60. The smallest absolute Gasteiger partial charge is 0.188 e. The van der Waals surface area contributed by atoms with E-state index in [4.69, 9.17) is 5.73 Å². The lowest BCUT2D eigenvalue weighted by molar-refractivity contribution is 0.261. The highest BCUT2D eigenvalue weighted by Gasteiger charge is 2.24. The fraction of sp³-hybridized carbons (Fsp3) is 0.938. The van der Waals surface area contributed by atoms with Crippen LogP contribution in [0.25, 0.3) is 0 Å². The second-order valence-electron chi connectivity index (χ2n) is 6.07. The number of nitrogens with zero attached hydrogens (tertiary/aromatic N) is 2. The van der Waals surface area contributed by atoms with Gasteiger partial charge in [-0.15, -0.1) is 24.0 Å². The first-order valence-corrected chi connectivity index (χ1v) is 8.38. The number of rotatable bonds is 8.